The summed E-state index contributed by atoms with van der Waals surface area (Å²) in [6, 6.07) is 14.6. The van der Waals surface area contributed by atoms with E-state index in [1.54, 1.807) is 30.0 Å². The Morgan fingerprint density at radius 1 is 1.13 bits per heavy atom. The monoisotopic (exact) mass is 531 g/mol. The molecule has 0 atom stereocenters. The molecule has 0 radical (unpaired) electrons. The van der Waals surface area contributed by atoms with Crippen molar-refractivity contribution in [2.45, 2.75) is 26.8 Å². The third kappa shape index (κ3) is 4.82. The van der Waals surface area contributed by atoms with E-state index in [1.807, 2.05) is 37.3 Å². The number of thiophene rings is 1. The molecule has 1 aliphatic rings. The summed E-state index contributed by atoms with van der Waals surface area (Å²) in [6.45, 7) is 3.91. The van der Waals surface area contributed by atoms with Crippen LogP contribution in [-0.2, 0) is 22.5 Å². The van der Waals surface area contributed by atoms with Gasteiger partial charge in [-0.05, 0) is 43.2 Å². The second kappa shape index (κ2) is 10.6. The molecule has 0 fully saturated rings. The second-order valence-corrected chi connectivity index (χ2v) is 9.82. The highest BCUT2D eigenvalue weighted by Crippen LogP contribution is 2.33. The molecule has 1 amide bonds. The van der Waals surface area contributed by atoms with Gasteiger partial charge in [0.25, 0.3) is 11.5 Å². The zero-order valence-corrected chi connectivity index (χ0v) is 21.7. The summed E-state index contributed by atoms with van der Waals surface area (Å²) in [4.78, 5) is 57.9. The maximum atomic E-state index is 13.3. The quantitative estimate of drug-likeness (QED) is 0.251. The molecule has 0 spiro atoms. The molecule has 0 saturated carbocycles. The van der Waals surface area contributed by atoms with Crippen LogP contribution in [0.25, 0.3) is 10.2 Å². The van der Waals surface area contributed by atoms with E-state index in [9.17, 15) is 19.2 Å². The second-order valence-electron chi connectivity index (χ2n) is 8.82. The van der Waals surface area contributed by atoms with Gasteiger partial charge in [0.05, 0.1) is 30.6 Å². The summed E-state index contributed by atoms with van der Waals surface area (Å²) in [7, 11) is 0. The Labute approximate surface area is 222 Å². The van der Waals surface area contributed by atoms with Crippen molar-refractivity contribution in [2.75, 3.05) is 24.7 Å². The number of likely N-dealkylation sites (N-methyl/N-ethyl adjacent to an activating group) is 1. The number of ketones is 1. The standard InChI is InChI=1S/C28H25N3O6S/c1-3-31-20-13-19(9-10-22(20)37-15-23(31)33)21(32)14-30-16-29-26-24(27(30)34)17(2)25(38-26)28(35)36-12-11-18-7-5-4-6-8-18/h4-10,13,16H,3,11-12,14-15H2,1-2H3. The number of benzene rings is 2. The minimum absolute atomic E-state index is 0.0439. The number of Topliss-reactive ketones (excluding diaryl/α,β-unsaturated/α-hetero) is 1. The van der Waals surface area contributed by atoms with E-state index in [0.717, 1.165) is 16.9 Å². The number of hydrogen-bond donors (Lipinski definition) is 0. The van der Waals surface area contributed by atoms with Gasteiger partial charge in [0.15, 0.2) is 12.4 Å². The van der Waals surface area contributed by atoms with Crippen molar-refractivity contribution in [1.29, 1.82) is 0 Å². The number of carbonyl (C=O) groups is 3. The zero-order chi connectivity index (χ0) is 26.8. The van der Waals surface area contributed by atoms with Gasteiger partial charge >= 0.3 is 5.97 Å². The van der Waals surface area contributed by atoms with Crippen LogP contribution in [0.15, 0.2) is 59.7 Å². The Kier molecular flexibility index (Phi) is 7.06. The summed E-state index contributed by atoms with van der Waals surface area (Å²) >= 11 is 1.10. The average molecular weight is 532 g/mol. The van der Waals surface area contributed by atoms with Gasteiger partial charge in [0, 0.05) is 18.5 Å². The van der Waals surface area contributed by atoms with E-state index >= 15 is 0 Å². The van der Waals surface area contributed by atoms with E-state index in [2.05, 4.69) is 4.98 Å². The number of amides is 1. The van der Waals surface area contributed by atoms with E-state index in [1.165, 1.54) is 10.9 Å². The summed E-state index contributed by atoms with van der Waals surface area (Å²) in [6.07, 6.45) is 1.90. The summed E-state index contributed by atoms with van der Waals surface area (Å²) in [5, 5.41) is 0.293. The third-order valence-corrected chi connectivity index (χ3v) is 7.60. The Morgan fingerprint density at radius 2 is 1.92 bits per heavy atom. The largest absolute Gasteiger partial charge is 0.482 e. The summed E-state index contributed by atoms with van der Waals surface area (Å²) in [5.41, 5.74) is 2.00. The van der Waals surface area contributed by atoms with Gasteiger partial charge in [-0.15, -0.1) is 11.3 Å². The van der Waals surface area contributed by atoms with Crippen LogP contribution in [0.2, 0.25) is 0 Å². The van der Waals surface area contributed by atoms with Crippen LogP contribution in [0.5, 0.6) is 5.75 Å². The number of ether oxygens (including phenoxy) is 2. The molecule has 2 aromatic heterocycles. The number of rotatable bonds is 8. The minimum atomic E-state index is -0.505. The lowest BCUT2D eigenvalue weighted by molar-refractivity contribution is -0.121. The van der Waals surface area contributed by atoms with Gasteiger partial charge in [-0.3, -0.25) is 19.0 Å². The van der Waals surface area contributed by atoms with Gasteiger partial charge < -0.3 is 14.4 Å². The van der Waals surface area contributed by atoms with Crippen molar-refractivity contribution in [2.24, 2.45) is 0 Å². The average Bonchev–Trinajstić information content (AvgIpc) is 3.27. The van der Waals surface area contributed by atoms with Crippen molar-refractivity contribution in [3.05, 3.63) is 86.8 Å². The molecule has 194 valence electrons. The van der Waals surface area contributed by atoms with E-state index < -0.39 is 11.5 Å². The molecule has 10 heteroatoms. The van der Waals surface area contributed by atoms with Crippen LogP contribution in [0.3, 0.4) is 0 Å². The van der Waals surface area contributed by atoms with Crippen molar-refractivity contribution in [1.82, 2.24) is 9.55 Å². The number of carbonyl (C=O) groups excluding carboxylic acids is 3. The first-order valence-electron chi connectivity index (χ1n) is 12.2. The lowest BCUT2D eigenvalue weighted by Crippen LogP contribution is -2.38. The molecule has 38 heavy (non-hydrogen) atoms. The Bertz CT molecular complexity index is 1610. The lowest BCUT2D eigenvalue weighted by atomic mass is 10.1. The van der Waals surface area contributed by atoms with Gasteiger partial charge in [-0.25, -0.2) is 9.78 Å². The number of fused-ring (bicyclic) bond motifs is 2. The van der Waals surface area contributed by atoms with E-state index in [4.69, 9.17) is 9.47 Å². The van der Waals surface area contributed by atoms with Crippen LogP contribution in [-0.4, -0.2) is 47.0 Å². The molecular weight excluding hydrogens is 506 g/mol. The van der Waals surface area contributed by atoms with E-state index in [0.29, 0.717) is 50.6 Å². The zero-order valence-electron chi connectivity index (χ0n) is 20.9. The van der Waals surface area contributed by atoms with Crippen LogP contribution in [0.4, 0.5) is 5.69 Å². The SMILES string of the molecule is CCN1C(=O)COc2ccc(C(=O)Cn3cnc4sc(C(=O)OCCc5ccccc5)c(C)c4c3=O)cc21. The first-order chi connectivity index (χ1) is 18.4. The molecule has 0 aliphatic carbocycles. The van der Waals surface area contributed by atoms with Crippen LogP contribution >= 0.6 is 11.3 Å². The maximum absolute atomic E-state index is 13.3. The van der Waals surface area contributed by atoms with Crippen LogP contribution in [0.1, 0.15) is 38.1 Å². The molecule has 5 rings (SSSR count). The Hall–Kier alpha value is -4.31. The molecule has 0 bridgehead atoms. The first kappa shape index (κ1) is 25.3. The van der Waals surface area contributed by atoms with Gasteiger partial charge in [0.1, 0.15) is 15.5 Å². The fourth-order valence-corrected chi connectivity index (χ4v) is 5.44. The van der Waals surface area contributed by atoms with Crippen LogP contribution < -0.4 is 15.2 Å². The summed E-state index contributed by atoms with van der Waals surface area (Å²) in [5.74, 6) is -0.480. The highest BCUT2D eigenvalue weighted by atomic mass is 32.1. The Balaban J connectivity index is 1.35. The number of esters is 1. The number of aryl methyl sites for hydroxylation is 1. The number of aromatic nitrogens is 2. The highest BCUT2D eigenvalue weighted by Gasteiger charge is 2.26. The van der Waals surface area contributed by atoms with Gasteiger partial charge in [0.2, 0.25) is 0 Å². The molecule has 2 aromatic carbocycles. The third-order valence-electron chi connectivity index (χ3n) is 6.42. The molecular formula is C28H25N3O6S. The lowest BCUT2D eigenvalue weighted by Gasteiger charge is -2.28. The van der Waals surface area contributed by atoms with E-state index in [-0.39, 0.29) is 31.4 Å². The minimum Gasteiger partial charge on any atom is -0.482 e. The fourth-order valence-electron chi connectivity index (χ4n) is 4.41. The highest BCUT2D eigenvalue weighted by molar-refractivity contribution is 7.20. The van der Waals surface area contributed by atoms with Crippen molar-refractivity contribution in [3.8, 4) is 5.75 Å². The smallest absolute Gasteiger partial charge is 0.348 e. The molecule has 1 aliphatic heterocycles. The van der Waals surface area contributed by atoms with Crippen molar-refractivity contribution in [3.63, 3.8) is 0 Å². The normalized spacial score (nSPS) is 12.8. The van der Waals surface area contributed by atoms with Crippen LogP contribution in [0, 0.1) is 6.92 Å². The molecule has 0 unspecified atom stereocenters. The molecule has 3 heterocycles. The molecule has 0 N–H and O–H groups in total. The van der Waals surface area contributed by atoms with Crippen molar-refractivity contribution >= 4 is 44.9 Å². The number of anilines is 1. The summed E-state index contributed by atoms with van der Waals surface area (Å²) < 4.78 is 12.1. The maximum Gasteiger partial charge on any atom is 0.348 e. The Morgan fingerprint density at radius 3 is 2.68 bits per heavy atom. The van der Waals surface area contributed by atoms with Gasteiger partial charge in [-0.2, -0.15) is 0 Å². The van der Waals surface area contributed by atoms with Gasteiger partial charge in [-0.1, -0.05) is 30.3 Å². The molecule has 0 saturated heterocycles. The first-order valence-corrected chi connectivity index (χ1v) is 13.0. The van der Waals surface area contributed by atoms with Crippen molar-refractivity contribution < 1.29 is 23.9 Å². The topological polar surface area (TPSA) is 108 Å². The predicted octanol–water partition coefficient (Wildman–Crippen LogP) is 3.79. The number of nitrogens with zero attached hydrogens (tertiary/aromatic N) is 3. The molecule has 9 nitrogen and oxygen atoms in total. The fraction of sp³-hybridized carbons (Fsp3) is 0.250. The number of hydrogen-bond acceptors (Lipinski definition) is 8. The molecule has 4 aromatic rings. The predicted molar refractivity (Wildman–Crippen MR) is 143 cm³/mol.